The van der Waals surface area contributed by atoms with E-state index in [1.807, 2.05) is 42.5 Å². The van der Waals surface area contributed by atoms with Gasteiger partial charge >= 0.3 is 0 Å². The summed E-state index contributed by atoms with van der Waals surface area (Å²) in [5.74, 6) is 1.30. The minimum Gasteiger partial charge on any atom is -0.459 e. The lowest BCUT2D eigenvalue weighted by atomic mass is 10.2. The molecule has 3 aromatic rings. The standard InChI is InChI=1S/C18H16N2O3/c1-20(18(21)16-10-6-12-22-16)13-14-7-5-11-19-17(14)23-15-8-3-2-4-9-15/h2-12H,13H2,1H3. The lowest BCUT2D eigenvalue weighted by Gasteiger charge is -2.17. The number of hydrogen-bond acceptors (Lipinski definition) is 4. The fourth-order valence-electron chi connectivity index (χ4n) is 2.15. The Morgan fingerprint density at radius 3 is 2.70 bits per heavy atom. The average Bonchev–Trinajstić information content (AvgIpc) is 3.11. The Morgan fingerprint density at radius 2 is 1.96 bits per heavy atom. The summed E-state index contributed by atoms with van der Waals surface area (Å²) in [5, 5.41) is 0. The van der Waals surface area contributed by atoms with E-state index >= 15 is 0 Å². The monoisotopic (exact) mass is 308 g/mol. The summed E-state index contributed by atoms with van der Waals surface area (Å²) < 4.78 is 11.0. The molecular weight excluding hydrogens is 292 g/mol. The van der Waals surface area contributed by atoms with Gasteiger partial charge in [0.2, 0.25) is 5.88 Å². The van der Waals surface area contributed by atoms with E-state index in [0.29, 0.717) is 23.9 Å². The molecule has 5 nitrogen and oxygen atoms in total. The van der Waals surface area contributed by atoms with Crippen molar-refractivity contribution in [1.82, 2.24) is 9.88 Å². The number of ether oxygens (including phenoxy) is 1. The van der Waals surface area contributed by atoms with Crippen LogP contribution in [0.1, 0.15) is 16.1 Å². The van der Waals surface area contributed by atoms with Crippen molar-refractivity contribution in [3.8, 4) is 11.6 Å². The van der Waals surface area contributed by atoms with Crippen LogP contribution in [0.5, 0.6) is 11.6 Å². The molecule has 0 radical (unpaired) electrons. The van der Waals surface area contributed by atoms with Crippen LogP contribution < -0.4 is 4.74 Å². The number of para-hydroxylation sites is 1. The Bertz CT molecular complexity index is 770. The van der Waals surface area contributed by atoms with Gasteiger partial charge < -0.3 is 14.1 Å². The van der Waals surface area contributed by atoms with E-state index in [4.69, 9.17) is 9.15 Å². The molecule has 2 aromatic heterocycles. The van der Waals surface area contributed by atoms with Crippen molar-refractivity contribution < 1.29 is 13.9 Å². The number of carbonyl (C=O) groups is 1. The molecule has 0 unspecified atom stereocenters. The van der Waals surface area contributed by atoms with E-state index < -0.39 is 0 Å². The molecule has 5 heteroatoms. The van der Waals surface area contributed by atoms with Crippen LogP contribution in [0.25, 0.3) is 0 Å². The molecule has 0 aliphatic rings. The number of rotatable bonds is 5. The van der Waals surface area contributed by atoms with Crippen molar-refractivity contribution in [2.24, 2.45) is 0 Å². The molecule has 0 N–H and O–H groups in total. The minimum atomic E-state index is -0.190. The van der Waals surface area contributed by atoms with Crippen LogP contribution >= 0.6 is 0 Å². The highest BCUT2D eigenvalue weighted by molar-refractivity contribution is 5.91. The predicted octanol–water partition coefficient (Wildman–Crippen LogP) is 3.74. The van der Waals surface area contributed by atoms with E-state index in [2.05, 4.69) is 4.98 Å². The Hall–Kier alpha value is -3.08. The zero-order chi connectivity index (χ0) is 16.1. The van der Waals surface area contributed by atoms with E-state index in [9.17, 15) is 4.79 Å². The lowest BCUT2D eigenvalue weighted by molar-refractivity contribution is 0.0752. The first kappa shape index (κ1) is 14.8. The van der Waals surface area contributed by atoms with Crippen molar-refractivity contribution in [2.45, 2.75) is 6.54 Å². The smallest absolute Gasteiger partial charge is 0.289 e. The summed E-state index contributed by atoms with van der Waals surface area (Å²) in [6.45, 7) is 0.371. The molecule has 0 aliphatic heterocycles. The molecule has 2 heterocycles. The van der Waals surface area contributed by atoms with Gasteiger partial charge in [-0.05, 0) is 30.3 Å². The highest BCUT2D eigenvalue weighted by atomic mass is 16.5. The maximum atomic E-state index is 12.3. The van der Waals surface area contributed by atoms with Crippen LogP contribution in [0.4, 0.5) is 0 Å². The van der Waals surface area contributed by atoms with E-state index in [1.54, 1.807) is 30.3 Å². The Morgan fingerprint density at radius 1 is 1.13 bits per heavy atom. The quantitative estimate of drug-likeness (QED) is 0.720. The summed E-state index contributed by atoms with van der Waals surface area (Å²) >= 11 is 0. The lowest BCUT2D eigenvalue weighted by Crippen LogP contribution is -2.26. The molecule has 0 bridgehead atoms. The van der Waals surface area contributed by atoms with Gasteiger partial charge in [-0.25, -0.2) is 4.98 Å². The number of benzene rings is 1. The molecular formula is C18H16N2O3. The summed E-state index contributed by atoms with van der Waals surface area (Å²) in [6, 6.07) is 16.5. The number of furan rings is 1. The van der Waals surface area contributed by atoms with Gasteiger partial charge in [-0.15, -0.1) is 0 Å². The summed E-state index contributed by atoms with van der Waals surface area (Å²) in [5.41, 5.74) is 0.818. The van der Waals surface area contributed by atoms with Crippen LogP contribution in [0.2, 0.25) is 0 Å². The molecule has 1 aromatic carbocycles. The van der Waals surface area contributed by atoms with Crippen LogP contribution in [-0.4, -0.2) is 22.8 Å². The summed E-state index contributed by atoms with van der Waals surface area (Å²) in [4.78, 5) is 18.1. The maximum Gasteiger partial charge on any atom is 0.289 e. The SMILES string of the molecule is CN(Cc1cccnc1Oc1ccccc1)C(=O)c1ccco1. The van der Waals surface area contributed by atoms with Crippen molar-refractivity contribution in [1.29, 1.82) is 0 Å². The van der Waals surface area contributed by atoms with Crippen molar-refractivity contribution in [3.63, 3.8) is 0 Å². The van der Waals surface area contributed by atoms with Crippen LogP contribution in [-0.2, 0) is 6.54 Å². The molecule has 0 atom stereocenters. The Labute approximate surface area is 134 Å². The maximum absolute atomic E-state index is 12.3. The van der Waals surface area contributed by atoms with Crippen LogP contribution in [0.15, 0.2) is 71.5 Å². The number of aromatic nitrogens is 1. The first-order valence-corrected chi connectivity index (χ1v) is 7.20. The topological polar surface area (TPSA) is 55.6 Å². The van der Waals surface area contributed by atoms with Gasteiger partial charge in [-0.1, -0.05) is 24.3 Å². The second-order valence-corrected chi connectivity index (χ2v) is 5.02. The van der Waals surface area contributed by atoms with Gasteiger partial charge in [0.25, 0.3) is 5.91 Å². The first-order chi connectivity index (χ1) is 11.2. The van der Waals surface area contributed by atoms with Crippen LogP contribution in [0, 0.1) is 0 Å². The highest BCUT2D eigenvalue weighted by Crippen LogP contribution is 2.23. The normalized spacial score (nSPS) is 10.3. The van der Waals surface area contributed by atoms with Crippen molar-refractivity contribution in [2.75, 3.05) is 7.05 Å². The molecule has 3 rings (SSSR count). The largest absolute Gasteiger partial charge is 0.459 e. The van der Waals surface area contributed by atoms with E-state index in [-0.39, 0.29) is 5.91 Å². The third kappa shape index (κ3) is 3.58. The third-order valence-electron chi connectivity index (χ3n) is 3.29. The van der Waals surface area contributed by atoms with Crippen molar-refractivity contribution in [3.05, 3.63) is 78.4 Å². The van der Waals surface area contributed by atoms with Gasteiger partial charge in [0.1, 0.15) is 5.75 Å². The fourth-order valence-corrected chi connectivity index (χ4v) is 2.15. The first-order valence-electron chi connectivity index (χ1n) is 7.20. The summed E-state index contributed by atoms with van der Waals surface area (Å²) in [6.07, 6.45) is 3.14. The molecule has 0 saturated heterocycles. The average molecular weight is 308 g/mol. The van der Waals surface area contributed by atoms with Gasteiger partial charge in [0.15, 0.2) is 5.76 Å². The van der Waals surface area contributed by atoms with Gasteiger partial charge in [0.05, 0.1) is 12.8 Å². The minimum absolute atomic E-state index is 0.190. The molecule has 0 saturated carbocycles. The highest BCUT2D eigenvalue weighted by Gasteiger charge is 2.17. The zero-order valence-corrected chi connectivity index (χ0v) is 12.7. The van der Waals surface area contributed by atoms with Crippen LogP contribution in [0.3, 0.4) is 0 Å². The number of carbonyl (C=O) groups excluding carboxylic acids is 1. The molecule has 0 spiro atoms. The fraction of sp³-hybridized carbons (Fsp3) is 0.111. The molecule has 0 fully saturated rings. The second-order valence-electron chi connectivity index (χ2n) is 5.02. The zero-order valence-electron chi connectivity index (χ0n) is 12.7. The van der Waals surface area contributed by atoms with E-state index in [1.165, 1.54) is 6.26 Å². The summed E-state index contributed by atoms with van der Waals surface area (Å²) in [7, 11) is 1.71. The molecule has 116 valence electrons. The number of hydrogen-bond donors (Lipinski definition) is 0. The Balaban J connectivity index is 1.76. The van der Waals surface area contributed by atoms with Gasteiger partial charge in [-0.2, -0.15) is 0 Å². The van der Waals surface area contributed by atoms with Crippen molar-refractivity contribution >= 4 is 5.91 Å². The molecule has 1 amide bonds. The number of pyridine rings is 1. The Kier molecular flexibility index (Phi) is 4.38. The second kappa shape index (κ2) is 6.79. The van der Waals surface area contributed by atoms with Gasteiger partial charge in [-0.3, -0.25) is 4.79 Å². The molecule has 23 heavy (non-hydrogen) atoms. The number of nitrogens with zero attached hydrogens (tertiary/aromatic N) is 2. The third-order valence-corrected chi connectivity index (χ3v) is 3.29. The predicted molar refractivity (Wildman–Crippen MR) is 85.3 cm³/mol. The number of amides is 1. The molecule has 0 aliphatic carbocycles. The van der Waals surface area contributed by atoms with E-state index in [0.717, 1.165) is 5.56 Å². The van der Waals surface area contributed by atoms with Gasteiger partial charge in [0, 0.05) is 18.8 Å².